The summed E-state index contributed by atoms with van der Waals surface area (Å²) < 4.78 is 37.9. The Morgan fingerprint density at radius 1 is 0.952 bits per heavy atom. The van der Waals surface area contributed by atoms with Crippen molar-refractivity contribution in [2.24, 2.45) is 0 Å². The molecular weight excluding hydrogens is 298 g/mol. The van der Waals surface area contributed by atoms with Crippen LogP contribution in [0.15, 0.2) is 42.5 Å². The molecule has 5 heteroatoms. The van der Waals surface area contributed by atoms with Gasteiger partial charge in [0.1, 0.15) is 23.8 Å². The fraction of sp³-hybridized carbons (Fsp3) is 0.250. The first-order valence-corrected chi connectivity index (χ1v) is 6.71. The Hall–Kier alpha value is -1.49. The van der Waals surface area contributed by atoms with E-state index >= 15 is 0 Å². The van der Waals surface area contributed by atoms with Gasteiger partial charge in [-0.25, -0.2) is 8.78 Å². The highest BCUT2D eigenvalue weighted by Gasteiger charge is 2.27. The van der Waals surface area contributed by atoms with Gasteiger partial charge in [-0.3, -0.25) is 0 Å². The van der Waals surface area contributed by atoms with Crippen LogP contribution in [0.4, 0.5) is 8.78 Å². The summed E-state index contributed by atoms with van der Waals surface area (Å²) in [5.74, 6) is -0.917. The van der Waals surface area contributed by atoms with Gasteiger partial charge in [0.05, 0.1) is 5.02 Å². The predicted molar refractivity (Wildman–Crippen MR) is 77.3 cm³/mol. The van der Waals surface area contributed by atoms with Crippen molar-refractivity contribution in [3.8, 4) is 0 Å². The molecule has 0 unspecified atom stereocenters. The summed E-state index contributed by atoms with van der Waals surface area (Å²) in [6.45, 7) is 0. The molecule has 0 bridgehead atoms. The van der Waals surface area contributed by atoms with E-state index in [4.69, 9.17) is 21.1 Å². The lowest BCUT2D eigenvalue weighted by molar-refractivity contribution is -0.0399. The summed E-state index contributed by atoms with van der Waals surface area (Å²) in [4.78, 5) is 0. The second kappa shape index (κ2) is 6.98. The predicted octanol–water partition coefficient (Wildman–Crippen LogP) is 4.69. The summed E-state index contributed by atoms with van der Waals surface area (Å²) in [6.07, 6.45) is -1.26. The molecule has 0 heterocycles. The number of hydrogen-bond acceptors (Lipinski definition) is 2. The molecule has 2 nitrogen and oxygen atoms in total. The lowest BCUT2D eigenvalue weighted by atomic mass is 9.97. The molecule has 0 saturated carbocycles. The van der Waals surface area contributed by atoms with Crippen LogP contribution in [0.5, 0.6) is 0 Å². The van der Waals surface area contributed by atoms with Gasteiger partial charge >= 0.3 is 0 Å². The molecule has 2 aromatic rings. The molecule has 0 spiro atoms. The Labute approximate surface area is 127 Å². The smallest absolute Gasteiger partial charge is 0.142 e. The highest BCUT2D eigenvalue weighted by molar-refractivity contribution is 6.31. The van der Waals surface area contributed by atoms with Crippen LogP contribution in [0.1, 0.15) is 23.3 Å². The van der Waals surface area contributed by atoms with Crippen LogP contribution in [0.3, 0.4) is 0 Å². The number of halogens is 3. The van der Waals surface area contributed by atoms with Crippen molar-refractivity contribution in [3.05, 3.63) is 70.2 Å². The zero-order valence-electron chi connectivity index (χ0n) is 11.6. The minimum atomic E-state index is -0.653. The number of methoxy groups -OCH3 is 2. The second-order valence-corrected chi connectivity index (χ2v) is 4.89. The van der Waals surface area contributed by atoms with Gasteiger partial charge < -0.3 is 9.47 Å². The third kappa shape index (κ3) is 3.40. The summed E-state index contributed by atoms with van der Waals surface area (Å²) in [5.41, 5.74) is 1.04. The quantitative estimate of drug-likeness (QED) is 0.797. The molecule has 0 aliphatic heterocycles. The minimum Gasteiger partial charge on any atom is -0.374 e. The molecule has 0 fully saturated rings. The van der Waals surface area contributed by atoms with Crippen molar-refractivity contribution in [3.63, 3.8) is 0 Å². The van der Waals surface area contributed by atoms with Crippen LogP contribution < -0.4 is 0 Å². The molecule has 0 N–H and O–H groups in total. The van der Waals surface area contributed by atoms with Crippen LogP contribution >= 0.6 is 11.6 Å². The molecule has 0 amide bonds. The zero-order valence-corrected chi connectivity index (χ0v) is 12.4. The molecule has 2 rings (SSSR count). The van der Waals surface area contributed by atoms with Gasteiger partial charge in [0, 0.05) is 19.8 Å². The van der Waals surface area contributed by atoms with E-state index in [0.29, 0.717) is 11.1 Å². The topological polar surface area (TPSA) is 18.5 Å². The fourth-order valence-corrected chi connectivity index (χ4v) is 2.51. The first kappa shape index (κ1) is 15.9. The van der Waals surface area contributed by atoms with Gasteiger partial charge in [-0.05, 0) is 23.8 Å². The Kier molecular flexibility index (Phi) is 5.28. The van der Waals surface area contributed by atoms with Crippen LogP contribution in [0, 0.1) is 11.6 Å². The highest BCUT2D eigenvalue weighted by atomic mass is 35.5. The molecule has 21 heavy (non-hydrogen) atoms. The van der Waals surface area contributed by atoms with Crippen LogP contribution in [-0.2, 0) is 9.47 Å². The van der Waals surface area contributed by atoms with Crippen LogP contribution in [0.2, 0.25) is 5.02 Å². The zero-order chi connectivity index (χ0) is 15.4. The molecule has 0 aromatic heterocycles. The SMILES string of the molecule is CO[C@H](c1cccc(F)c1)[C@H](OC)c1cccc(F)c1Cl. The highest BCUT2D eigenvalue weighted by Crippen LogP contribution is 2.38. The summed E-state index contributed by atoms with van der Waals surface area (Å²) >= 11 is 6.00. The normalized spacial score (nSPS) is 14.0. The molecule has 0 aliphatic rings. The molecule has 0 radical (unpaired) electrons. The van der Waals surface area contributed by atoms with Gasteiger partial charge in [0.2, 0.25) is 0 Å². The summed E-state index contributed by atoms with van der Waals surface area (Å²) in [5, 5.41) is -0.0252. The van der Waals surface area contributed by atoms with Crippen LogP contribution in [-0.4, -0.2) is 14.2 Å². The maximum absolute atomic E-state index is 13.6. The van der Waals surface area contributed by atoms with Gasteiger partial charge in [0.15, 0.2) is 0 Å². The summed E-state index contributed by atoms with van der Waals surface area (Å²) in [7, 11) is 2.95. The molecular formula is C16H15ClF2O2. The van der Waals surface area contributed by atoms with Crippen molar-refractivity contribution in [2.45, 2.75) is 12.2 Å². The minimum absolute atomic E-state index is 0.0252. The standard InChI is InChI=1S/C16H15ClF2O2/c1-20-15(10-5-3-6-11(18)9-10)16(21-2)12-7-4-8-13(19)14(12)17/h3-9,15-16H,1-2H3/t15-,16-/m1/s1. The fourth-order valence-electron chi connectivity index (χ4n) is 2.27. The Morgan fingerprint density at radius 3 is 2.24 bits per heavy atom. The largest absolute Gasteiger partial charge is 0.374 e. The molecule has 112 valence electrons. The van der Waals surface area contributed by atoms with Crippen molar-refractivity contribution >= 4 is 11.6 Å². The third-order valence-corrected chi connectivity index (χ3v) is 3.65. The molecule has 2 aromatic carbocycles. The Bertz CT molecular complexity index is 619. The lowest BCUT2D eigenvalue weighted by Gasteiger charge is -2.26. The number of benzene rings is 2. The van der Waals surface area contributed by atoms with E-state index in [1.165, 1.54) is 32.4 Å². The number of hydrogen-bond donors (Lipinski definition) is 0. The summed E-state index contributed by atoms with van der Waals surface area (Å²) in [6, 6.07) is 10.5. The van der Waals surface area contributed by atoms with Gasteiger partial charge in [0.25, 0.3) is 0 Å². The molecule has 0 saturated heterocycles. The van der Waals surface area contributed by atoms with E-state index in [2.05, 4.69) is 0 Å². The van der Waals surface area contributed by atoms with Crippen molar-refractivity contribution in [1.29, 1.82) is 0 Å². The average Bonchev–Trinajstić information content (AvgIpc) is 2.48. The van der Waals surface area contributed by atoms with E-state index in [-0.39, 0.29) is 10.8 Å². The van der Waals surface area contributed by atoms with Crippen molar-refractivity contribution < 1.29 is 18.3 Å². The van der Waals surface area contributed by atoms with E-state index in [9.17, 15) is 8.78 Å². The first-order chi connectivity index (χ1) is 10.1. The maximum atomic E-state index is 13.6. The third-order valence-electron chi connectivity index (χ3n) is 3.25. The lowest BCUT2D eigenvalue weighted by Crippen LogP contribution is -2.16. The maximum Gasteiger partial charge on any atom is 0.142 e. The van der Waals surface area contributed by atoms with E-state index in [1.54, 1.807) is 24.3 Å². The van der Waals surface area contributed by atoms with Crippen molar-refractivity contribution in [1.82, 2.24) is 0 Å². The monoisotopic (exact) mass is 312 g/mol. The molecule has 2 atom stereocenters. The van der Waals surface area contributed by atoms with Gasteiger partial charge in [-0.15, -0.1) is 0 Å². The Morgan fingerprint density at radius 2 is 1.62 bits per heavy atom. The van der Waals surface area contributed by atoms with Gasteiger partial charge in [-0.1, -0.05) is 35.9 Å². The Balaban J connectivity index is 2.45. The number of rotatable bonds is 5. The number of ether oxygens (including phenoxy) is 2. The van der Waals surface area contributed by atoms with E-state index in [1.807, 2.05) is 0 Å². The van der Waals surface area contributed by atoms with Crippen LogP contribution in [0.25, 0.3) is 0 Å². The van der Waals surface area contributed by atoms with E-state index < -0.39 is 18.0 Å². The van der Waals surface area contributed by atoms with E-state index in [0.717, 1.165) is 0 Å². The first-order valence-electron chi connectivity index (χ1n) is 6.33. The second-order valence-electron chi connectivity index (χ2n) is 4.51. The van der Waals surface area contributed by atoms with Gasteiger partial charge in [-0.2, -0.15) is 0 Å². The van der Waals surface area contributed by atoms with Crippen molar-refractivity contribution in [2.75, 3.05) is 14.2 Å². The average molecular weight is 313 g/mol. The molecule has 0 aliphatic carbocycles.